The quantitative estimate of drug-likeness (QED) is 0.494. The number of esters is 1. The van der Waals surface area contributed by atoms with E-state index in [1.54, 1.807) is 43.3 Å². The summed E-state index contributed by atoms with van der Waals surface area (Å²) in [6.45, 7) is 5.02. The van der Waals surface area contributed by atoms with Crippen LogP contribution in [0.25, 0.3) is 22.4 Å². The Morgan fingerprint density at radius 2 is 1.87 bits per heavy atom. The van der Waals surface area contributed by atoms with Crippen molar-refractivity contribution in [2.24, 2.45) is 0 Å². The minimum atomic E-state index is -1.05. The van der Waals surface area contributed by atoms with Crippen molar-refractivity contribution in [3.63, 3.8) is 0 Å². The SMILES string of the molecule is Cc1cc(NC(=O)[C@@H](C)OC(=O)c2cc(-c3ccc(C)o3)nc3ccccc23)no1. The minimum absolute atomic E-state index is 0.255. The molecule has 0 unspecified atom stereocenters. The van der Waals surface area contributed by atoms with Crippen LogP contribution >= 0.6 is 0 Å². The largest absolute Gasteiger partial charge is 0.460 e. The third kappa shape index (κ3) is 3.93. The fourth-order valence-electron chi connectivity index (χ4n) is 2.97. The van der Waals surface area contributed by atoms with Gasteiger partial charge in [-0.15, -0.1) is 0 Å². The lowest BCUT2D eigenvalue weighted by Crippen LogP contribution is -2.30. The number of hydrogen-bond donors (Lipinski definition) is 1. The van der Waals surface area contributed by atoms with Gasteiger partial charge in [0.2, 0.25) is 0 Å². The van der Waals surface area contributed by atoms with Gasteiger partial charge in [-0.05, 0) is 45.0 Å². The molecule has 1 N–H and O–H groups in total. The number of amides is 1. The molecule has 0 fully saturated rings. The lowest BCUT2D eigenvalue weighted by Gasteiger charge is -2.14. The molecular formula is C22H19N3O5. The summed E-state index contributed by atoms with van der Waals surface area (Å²) in [5, 5.41) is 6.87. The molecule has 8 heteroatoms. The van der Waals surface area contributed by atoms with Gasteiger partial charge in [0.1, 0.15) is 17.2 Å². The number of benzene rings is 1. The van der Waals surface area contributed by atoms with Gasteiger partial charge in [0.15, 0.2) is 17.7 Å². The van der Waals surface area contributed by atoms with Crippen molar-refractivity contribution in [1.29, 1.82) is 0 Å². The highest BCUT2D eigenvalue weighted by atomic mass is 16.5. The molecule has 4 aromatic rings. The van der Waals surface area contributed by atoms with Crippen LogP contribution in [0.15, 0.2) is 57.5 Å². The van der Waals surface area contributed by atoms with Crippen molar-refractivity contribution < 1.29 is 23.3 Å². The van der Waals surface area contributed by atoms with Crippen LogP contribution in [0.1, 0.15) is 28.8 Å². The number of nitrogens with zero attached hydrogens (tertiary/aromatic N) is 2. The highest BCUT2D eigenvalue weighted by Gasteiger charge is 2.23. The molecule has 0 aliphatic heterocycles. The summed E-state index contributed by atoms with van der Waals surface area (Å²) < 4.78 is 16.0. The molecule has 3 aromatic heterocycles. The molecule has 1 amide bonds. The molecule has 0 radical (unpaired) electrons. The number of ether oxygens (including phenoxy) is 1. The second-order valence-corrected chi connectivity index (χ2v) is 6.84. The number of furan rings is 1. The normalized spacial score (nSPS) is 12.0. The van der Waals surface area contributed by atoms with Crippen molar-refractivity contribution in [2.75, 3.05) is 5.32 Å². The maximum atomic E-state index is 12.9. The Morgan fingerprint density at radius 1 is 1.07 bits per heavy atom. The average Bonchev–Trinajstić information content (AvgIpc) is 3.34. The summed E-state index contributed by atoms with van der Waals surface area (Å²) in [5.74, 6) is 0.926. The molecule has 3 heterocycles. The number of carbonyl (C=O) groups is 2. The van der Waals surface area contributed by atoms with Gasteiger partial charge in [-0.3, -0.25) is 4.79 Å². The summed E-state index contributed by atoms with van der Waals surface area (Å²) in [6, 6.07) is 14.0. The Labute approximate surface area is 171 Å². The van der Waals surface area contributed by atoms with Gasteiger partial charge in [0, 0.05) is 11.5 Å². The van der Waals surface area contributed by atoms with Crippen LogP contribution in [0.5, 0.6) is 0 Å². The van der Waals surface area contributed by atoms with E-state index in [0.717, 1.165) is 5.76 Å². The zero-order chi connectivity index (χ0) is 21.3. The van der Waals surface area contributed by atoms with Gasteiger partial charge < -0.3 is 19.0 Å². The van der Waals surface area contributed by atoms with Gasteiger partial charge >= 0.3 is 5.97 Å². The second kappa shape index (κ2) is 7.82. The molecule has 0 saturated carbocycles. The Kier molecular flexibility index (Phi) is 5.05. The Morgan fingerprint density at radius 3 is 2.57 bits per heavy atom. The van der Waals surface area contributed by atoms with Crippen LogP contribution in [0.4, 0.5) is 5.82 Å². The highest BCUT2D eigenvalue weighted by molar-refractivity contribution is 6.05. The zero-order valence-electron chi connectivity index (χ0n) is 16.6. The maximum Gasteiger partial charge on any atom is 0.339 e. The second-order valence-electron chi connectivity index (χ2n) is 6.84. The van der Waals surface area contributed by atoms with Crippen molar-refractivity contribution in [2.45, 2.75) is 26.9 Å². The monoisotopic (exact) mass is 405 g/mol. The van der Waals surface area contributed by atoms with Gasteiger partial charge in [0.25, 0.3) is 5.91 Å². The summed E-state index contributed by atoms with van der Waals surface area (Å²) in [7, 11) is 0. The van der Waals surface area contributed by atoms with Gasteiger partial charge in [-0.1, -0.05) is 23.4 Å². The third-order valence-electron chi connectivity index (χ3n) is 4.46. The van der Waals surface area contributed by atoms with E-state index in [1.807, 2.05) is 19.1 Å². The van der Waals surface area contributed by atoms with Crippen LogP contribution in [0.2, 0.25) is 0 Å². The molecule has 0 bridgehead atoms. The summed E-state index contributed by atoms with van der Waals surface area (Å²) in [4.78, 5) is 29.8. The van der Waals surface area contributed by atoms with Crippen molar-refractivity contribution in [1.82, 2.24) is 10.1 Å². The molecular weight excluding hydrogens is 386 g/mol. The van der Waals surface area contributed by atoms with E-state index in [-0.39, 0.29) is 5.82 Å². The molecule has 1 atom stereocenters. The van der Waals surface area contributed by atoms with Crippen molar-refractivity contribution >= 4 is 28.6 Å². The Hall–Kier alpha value is -3.94. The molecule has 1 aromatic carbocycles. The van der Waals surface area contributed by atoms with Crippen LogP contribution in [-0.2, 0) is 9.53 Å². The third-order valence-corrected chi connectivity index (χ3v) is 4.46. The molecule has 0 aliphatic carbocycles. The molecule has 0 spiro atoms. The number of hydrogen-bond acceptors (Lipinski definition) is 7. The predicted octanol–water partition coefficient (Wildman–Crippen LogP) is 4.28. The predicted molar refractivity (Wildman–Crippen MR) is 109 cm³/mol. The summed E-state index contributed by atoms with van der Waals surface area (Å²) >= 11 is 0. The molecule has 0 saturated heterocycles. The first-order valence-electron chi connectivity index (χ1n) is 9.32. The molecule has 4 rings (SSSR count). The van der Waals surface area contributed by atoms with E-state index in [2.05, 4.69) is 15.5 Å². The number of aryl methyl sites for hydroxylation is 2. The van der Waals surface area contributed by atoms with Crippen LogP contribution < -0.4 is 5.32 Å². The van der Waals surface area contributed by atoms with E-state index >= 15 is 0 Å². The van der Waals surface area contributed by atoms with E-state index in [4.69, 9.17) is 13.7 Å². The fraction of sp³-hybridized carbons (Fsp3) is 0.182. The van der Waals surface area contributed by atoms with Crippen molar-refractivity contribution in [3.05, 3.63) is 65.6 Å². The van der Waals surface area contributed by atoms with Gasteiger partial charge in [-0.2, -0.15) is 0 Å². The standard InChI is InChI=1S/C22H19N3O5/c1-12-8-9-19(28-12)18-11-16(15-6-4-5-7-17(15)23-18)22(27)29-14(3)21(26)24-20-10-13(2)30-25-20/h4-11,14H,1-3H3,(H,24,25,26)/t14-/m1/s1. The number of nitrogens with one attached hydrogen (secondary N) is 1. The summed E-state index contributed by atoms with van der Waals surface area (Å²) in [5.41, 5.74) is 1.41. The first-order chi connectivity index (χ1) is 14.4. The van der Waals surface area contributed by atoms with Crippen LogP contribution in [0.3, 0.4) is 0 Å². The topological polar surface area (TPSA) is 107 Å². The number of pyridine rings is 1. The lowest BCUT2D eigenvalue weighted by molar-refractivity contribution is -0.123. The highest BCUT2D eigenvalue weighted by Crippen LogP contribution is 2.27. The Bertz CT molecular complexity index is 1240. The fourth-order valence-corrected chi connectivity index (χ4v) is 2.97. The van der Waals surface area contributed by atoms with Crippen LogP contribution in [-0.4, -0.2) is 28.1 Å². The molecule has 30 heavy (non-hydrogen) atoms. The number of para-hydroxylation sites is 1. The van der Waals surface area contributed by atoms with E-state index < -0.39 is 18.0 Å². The number of fused-ring (bicyclic) bond motifs is 1. The zero-order valence-corrected chi connectivity index (χ0v) is 16.6. The molecule has 0 aliphatic rings. The number of rotatable bonds is 5. The summed E-state index contributed by atoms with van der Waals surface area (Å²) in [6.07, 6.45) is -1.05. The smallest absolute Gasteiger partial charge is 0.339 e. The van der Waals surface area contributed by atoms with Gasteiger partial charge in [-0.25, -0.2) is 9.78 Å². The maximum absolute atomic E-state index is 12.9. The van der Waals surface area contributed by atoms with Crippen molar-refractivity contribution in [3.8, 4) is 11.5 Å². The average molecular weight is 405 g/mol. The lowest BCUT2D eigenvalue weighted by atomic mass is 10.1. The molecule has 8 nitrogen and oxygen atoms in total. The number of carbonyl (C=O) groups excluding carboxylic acids is 2. The van der Waals surface area contributed by atoms with Gasteiger partial charge in [0.05, 0.1) is 11.1 Å². The van der Waals surface area contributed by atoms with E-state index in [0.29, 0.717) is 33.7 Å². The van der Waals surface area contributed by atoms with E-state index in [9.17, 15) is 9.59 Å². The Balaban J connectivity index is 1.61. The minimum Gasteiger partial charge on any atom is -0.460 e. The first kappa shape index (κ1) is 19.4. The van der Waals surface area contributed by atoms with E-state index in [1.165, 1.54) is 6.92 Å². The van der Waals surface area contributed by atoms with Crippen LogP contribution in [0, 0.1) is 13.8 Å². The number of aromatic nitrogens is 2. The molecule has 152 valence electrons. The first-order valence-corrected chi connectivity index (χ1v) is 9.32. The number of anilines is 1.